The van der Waals surface area contributed by atoms with Crippen LogP contribution in [-0.4, -0.2) is 42.6 Å². The van der Waals surface area contributed by atoms with Crippen molar-refractivity contribution in [3.05, 3.63) is 0 Å². The Morgan fingerprint density at radius 2 is 2.31 bits per heavy atom. The van der Waals surface area contributed by atoms with Crippen LogP contribution in [0.15, 0.2) is 0 Å². The van der Waals surface area contributed by atoms with Gasteiger partial charge in [0.25, 0.3) is 5.91 Å². The van der Waals surface area contributed by atoms with Gasteiger partial charge in [0.15, 0.2) is 0 Å². The first-order chi connectivity index (χ1) is 6.24. The van der Waals surface area contributed by atoms with Crippen LogP contribution in [0.2, 0.25) is 0 Å². The van der Waals surface area contributed by atoms with E-state index in [4.69, 9.17) is 4.74 Å². The van der Waals surface area contributed by atoms with E-state index < -0.39 is 6.23 Å². The van der Waals surface area contributed by atoms with Gasteiger partial charge in [0.05, 0.1) is 0 Å². The molecule has 0 radical (unpaired) electrons. The summed E-state index contributed by atoms with van der Waals surface area (Å²) in [4.78, 5) is 24.6. The molecule has 2 amide bonds. The largest absolute Gasteiger partial charge is 0.353 e. The summed E-state index contributed by atoms with van der Waals surface area (Å²) >= 11 is 0. The Kier molecular flexibility index (Phi) is 1.95. The van der Waals surface area contributed by atoms with Crippen molar-refractivity contribution < 1.29 is 14.3 Å². The number of hydrogen-bond acceptors (Lipinski definition) is 3. The number of fused-ring (bicyclic) bond motifs is 1. The molecule has 2 heterocycles. The first-order valence-corrected chi connectivity index (χ1v) is 4.37. The van der Waals surface area contributed by atoms with Gasteiger partial charge < -0.3 is 15.0 Å². The lowest BCUT2D eigenvalue weighted by Crippen LogP contribution is -2.61. The molecule has 0 aromatic rings. The third kappa shape index (κ3) is 1.19. The zero-order valence-corrected chi connectivity index (χ0v) is 7.45. The molecule has 2 fully saturated rings. The van der Waals surface area contributed by atoms with Crippen LogP contribution in [0.4, 0.5) is 0 Å². The fourth-order valence-electron chi connectivity index (χ4n) is 1.90. The Balaban J connectivity index is 2.19. The predicted molar refractivity (Wildman–Crippen MR) is 43.7 cm³/mol. The molecule has 0 aliphatic carbocycles. The molecule has 0 spiro atoms. The average Bonchev–Trinajstić information content (AvgIpc) is 2.60. The van der Waals surface area contributed by atoms with Crippen molar-refractivity contribution in [2.24, 2.45) is 0 Å². The SMILES string of the molecule is COC1NC(=O)[C@@H]2CCCN2C1=O. The van der Waals surface area contributed by atoms with Gasteiger partial charge in [-0.05, 0) is 12.8 Å². The average molecular weight is 184 g/mol. The maximum atomic E-state index is 11.6. The highest BCUT2D eigenvalue weighted by Crippen LogP contribution is 2.21. The summed E-state index contributed by atoms with van der Waals surface area (Å²) in [6, 6.07) is -0.251. The van der Waals surface area contributed by atoms with Gasteiger partial charge in [-0.2, -0.15) is 0 Å². The molecule has 1 unspecified atom stereocenters. The topological polar surface area (TPSA) is 58.6 Å². The van der Waals surface area contributed by atoms with Crippen LogP contribution in [0.25, 0.3) is 0 Å². The monoisotopic (exact) mass is 184 g/mol. The Hall–Kier alpha value is -1.10. The molecule has 2 aliphatic heterocycles. The molecule has 0 aromatic carbocycles. The molecule has 1 N–H and O–H groups in total. The van der Waals surface area contributed by atoms with Crippen LogP contribution in [-0.2, 0) is 14.3 Å². The predicted octanol–water partition coefficient (Wildman–Crippen LogP) is -0.920. The number of nitrogens with zero attached hydrogens (tertiary/aromatic N) is 1. The maximum Gasteiger partial charge on any atom is 0.273 e. The van der Waals surface area contributed by atoms with Crippen molar-refractivity contribution in [2.45, 2.75) is 25.1 Å². The number of carbonyl (C=O) groups excluding carboxylic acids is 2. The minimum atomic E-state index is -0.776. The molecule has 5 nitrogen and oxygen atoms in total. The van der Waals surface area contributed by atoms with E-state index >= 15 is 0 Å². The van der Waals surface area contributed by atoms with E-state index in [1.807, 2.05) is 0 Å². The number of methoxy groups -OCH3 is 1. The van der Waals surface area contributed by atoms with Crippen molar-refractivity contribution in [1.29, 1.82) is 0 Å². The third-order valence-corrected chi connectivity index (χ3v) is 2.57. The van der Waals surface area contributed by atoms with E-state index in [1.165, 1.54) is 7.11 Å². The zero-order chi connectivity index (χ0) is 9.42. The smallest absolute Gasteiger partial charge is 0.273 e. The third-order valence-electron chi connectivity index (χ3n) is 2.57. The lowest BCUT2D eigenvalue weighted by atomic mass is 10.1. The summed E-state index contributed by atoms with van der Waals surface area (Å²) in [6.07, 6.45) is 0.899. The van der Waals surface area contributed by atoms with E-state index in [2.05, 4.69) is 5.32 Å². The van der Waals surface area contributed by atoms with E-state index in [1.54, 1.807) is 4.90 Å². The molecule has 2 rings (SSSR count). The second-order valence-electron chi connectivity index (χ2n) is 3.31. The molecular formula is C8H12N2O3. The number of piperazine rings is 1. The Labute approximate surface area is 76.0 Å². The molecular weight excluding hydrogens is 172 g/mol. The summed E-state index contributed by atoms with van der Waals surface area (Å²) in [7, 11) is 1.42. The summed E-state index contributed by atoms with van der Waals surface area (Å²) in [5.41, 5.74) is 0. The van der Waals surface area contributed by atoms with E-state index in [9.17, 15) is 9.59 Å². The van der Waals surface area contributed by atoms with Crippen molar-refractivity contribution >= 4 is 11.8 Å². The van der Waals surface area contributed by atoms with Gasteiger partial charge >= 0.3 is 0 Å². The van der Waals surface area contributed by atoms with Crippen molar-refractivity contribution in [3.8, 4) is 0 Å². The van der Waals surface area contributed by atoms with Crippen molar-refractivity contribution in [3.63, 3.8) is 0 Å². The summed E-state index contributed by atoms with van der Waals surface area (Å²) in [5, 5.41) is 2.53. The van der Waals surface area contributed by atoms with E-state index in [0.717, 1.165) is 12.8 Å². The van der Waals surface area contributed by atoms with Gasteiger partial charge in [0.2, 0.25) is 12.1 Å². The second-order valence-corrected chi connectivity index (χ2v) is 3.31. The first kappa shape index (κ1) is 8.50. The minimum Gasteiger partial charge on any atom is -0.353 e. The first-order valence-electron chi connectivity index (χ1n) is 4.37. The van der Waals surface area contributed by atoms with Gasteiger partial charge in [0, 0.05) is 13.7 Å². The molecule has 13 heavy (non-hydrogen) atoms. The summed E-state index contributed by atoms with van der Waals surface area (Å²) in [5.74, 6) is -0.214. The number of ether oxygens (including phenoxy) is 1. The highest BCUT2D eigenvalue weighted by Gasteiger charge is 2.42. The highest BCUT2D eigenvalue weighted by molar-refractivity contribution is 5.96. The van der Waals surface area contributed by atoms with Gasteiger partial charge in [-0.3, -0.25) is 9.59 Å². The van der Waals surface area contributed by atoms with E-state index in [-0.39, 0.29) is 17.9 Å². The van der Waals surface area contributed by atoms with Crippen LogP contribution in [0.3, 0.4) is 0 Å². The zero-order valence-electron chi connectivity index (χ0n) is 7.45. The molecule has 2 atom stereocenters. The number of rotatable bonds is 1. The van der Waals surface area contributed by atoms with E-state index in [0.29, 0.717) is 6.54 Å². The van der Waals surface area contributed by atoms with Crippen LogP contribution < -0.4 is 5.32 Å². The van der Waals surface area contributed by atoms with Gasteiger partial charge in [-0.25, -0.2) is 0 Å². The number of carbonyl (C=O) groups is 2. The lowest BCUT2D eigenvalue weighted by Gasteiger charge is -2.33. The normalized spacial score (nSPS) is 33.2. The number of nitrogens with one attached hydrogen (secondary N) is 1. The Morgan fingerprint density at radius 1 is 1.54 bits per heavy atom. The maximum absolute atomic E-state index is 11.6. The van der Waals surface area contributed by atoms with Crippen LogP contribution in [0, 0.1) is 0 Å². The molecule has 2 saturated heterocycles. The quantitative estimate of drug-likeness (QED) is 0.573. The highest BCUT2D eigenvalue weighted by atomic mass is 16.5. The molecule has 0 bridgehead atoms. The summed E-state index contributed by atoms with van der Waals surface area (Å²) in [6.45, 7) is 0.677. The van der Waals surface area contributed by atoms with Crippen molar-refractivity contribution in [2.75, 3.05) is 13.7 Å². The minimum absolute atomic E-state index is 0.0936. The van der Waals surface area contributed by atoms with Crippen LogP contribution >= 0.6 is 0 Å². The van der Waals surface area contributed by atoms with Crippen LogP contribution in [0.5, 0.6) is 0 Å². The Bertz CT molecular complexity index is 254. The fourth-order valence-corrected chi connectivity index (χ4v) is 1.90. The van der Waals surface area contributed by atoms with Crippen LogP contribution in [0.1, 0.15) is 12.8 Å². The molecule has 0 aromatic heterocycles. The van der Waals surface area contributed by atoms with Gasteiger partial charge in [-0.15, -0.1) is 0 Å². The lowest BCUT2D eigenvalue weighted by molar-refractivity contribution is -0.158. The molecule has 0 saturated carbocycles. The summed E-state index contributed by atoms with van der Waals surface area (Å²) < 4.78 is 4.86. The fraction of sp³-hybridized carbons (Fsp3) is 0.750. The standard InChI is InChI=1S/C8H12N2O3/c1-13-7-8(12)10-4-2-3-5(10)6(11)9-7/h5,7H,2-4H2,1H3,(H,9,11)/t5-,7?/m0/s1. The molecule has 5 heteroatoms. The van der Waals surface area contributed by atoms with Gasteiger partial charge in [-0.1, -0.05) is 0 Å². The molecule has 2 aliphatic rings. The molecule has 72 valence electrons. The number of hydrogen-bond donors (Lipinski definition) is 1. The second kappa shape index (κ2) is 2.99. The number of amides is 2. The van der Waals surface area contributed by atoms with Crippen molar-refractivity contribution in [1.82, 2.24) is 10.2 Å². The Morgan fingerprint density at radius 3 is 3.00 bits per heavy atom. The van der Waals surface area contributed by atoms with Gasteiger partial charge in [0.1, 0.15) is 6.04 Å².